The molecule has 0 aromatic heterocycles. The summed E-state index contributed by atoms with van der Waals surface area (Å²) in [6.45, 7) is 5.72. The summed E-state index contributed by atoms with van der Waals surface area (Å²) in [5, 5.41) is 2.70. The number of ether oxygens (including phenoxy) is 2. The lowest BCUT2D eigenvalue weighted by atomic mass is 10.1. The van der Waals surface area contributed by atoms with Crippen LogP contribution in [0.25, 0.3) is 0 Å². The van der Waals surface area contributed by atoms with Crippen molar-refractivity contribution in [2.75, 3.05) is 30.5 Å². The van der Waals surface area contributed by atoms with Crippen LogP contribution < -0.4 is 15.0 Å². The molecule has 2 amide bonds. The molecule has 1 aromatic carbocycles. The Balaban J connectivity index is 2.30. The predicted molar refractivity (Wildman–Crippen MR) is 79.6 cm³/mol. The van der Waals surface area contributed by atoms with Crippen molar-refractivity contribution in [2.45, 2.75) is 13.0 Å². The number of hydrogen-bond donors (Lipinski definition) is 1. The maximum atomic E-state index is 12.2. The van der Waals surface area contributed by atoms with Crippen molar-refractivity contribution < 1.29 is 19.1 Å². The van der Waals surface area contributed by atoms with Gasteiger partial charge in [-0.2, -0.15) is 0 Å². The standard InChI is InChI=1S/C15H18N2O4/c1-4-7-17-12-8-11(16-14(18)9-20-3)5-6-13(12)21-10(2)15(17)19/h4-6,8,10H,1,7,9H2,2-3H3,(H,16,18). The summed E-state index contributed by atoms with van der Waals surface area (Å²) >= 11 is 0. The first-order chi connectivity index (χ1) is 10.1. The molecule has 0 aliphatic carbocycles. The zero-order chi connectivity index (χ0) is 15.4. The van der Waals surface area contributed by atoms with E-state index >= 15 is 0 Å². The summed E-state index contributed by atoms with van der Waals surface area (Å²) in [5.74, 6) is 0.209. The molecule has 0 saturated heterocycles. The van der Waals surface area contributed by atoms with Gasteiger partial charge in [-0.3, -0.25) is 9.59 Å². The molecule has 0 spiro atoms. The smallest absolute Gasteiger partial charge is 0.268 e. The van der Waals surface area contributed by atoms with E-state index in [0.717, 1.165) is 0 Å². The van der Waals surface area contributed by atoms with Crippen LogP contribution in [0, 0.1) is 0 Å². The second kappa shape index (κ2) is 6.41. The fraction of sp³-hybridized carbons (Fsp3) is 0.333. The molecular weight excluding hydrogens is 272 g/mol. The van der Waals surface area contributed by atoms with Crippen molar-refractivity contribution in [3.8, 4) is 5.75 Å². The van der Waals surface area contributed by atoms with Crippen LogP contribution in [0.2, 0.25) is 0 Å². The Morgan fingerprint density at radius 3 is 3.00 bits per heavy atom. The van der Waals surface area contributed by atoms with Gasteiger partial charge in [0.2, 0.25) is 5.91 Å². The van der Waals surface area contributed by atoms with Gasteiger partial charge in [0.25, 0.3) is 5.91 Å². The normalized spacial score (nSPS) is 17.0. The molecule has 1 unspecified atom stereocenters. The van der Waals surface area contributed by atoms with Crippen molar-refractivity contribution in [3.05, 3.63) is 30.9 Å². The van der Waals surface area contributed by atoms with E-state index in [1.807, 2.05) is 0 Å². The van der Waals surface area contributed by atoms with Crippen molar-refractivity contribution >= 4 is 23.2 Å². The number of amides is 2. The highest BCUT2D eigenvalue weighted by molar-refractivity contribution is 6.01. The second-order valence-corrected chi connectivity index (χ2v) is 4.66. The number of benzene rings is 1. The average Bonchev–Trinajstić information content (AvgIpc) is 2.45. The van der Waals surface area contributed by atoms with Crippen LogP contribution in [0.5, 0.6) is 5.75 Å². The number of nitrogens with one attached hydrogen (secondary N) is 1. The van der Waals surface area contributed by atoms with E-state index in [0.29, 0.717) is 23.7 Å². The molecule has 1 heterocycles. The first-order valence-electron chi connectivity index (χ1n) is 6.58. The van der Waals surface area contributed by atoms with E-state index in [-0.39, 0.29) is 18.4 Å². The summed E-state index contributed by atoms with van der Waals surface area (Å²) in [7, 11) is 1.45. The van der Waals surface area contributed by atoms with Gasteiger partial charge in [-0.15, -0.1) is 6.58 Å². The van der Waals surface area contributed by atoms with Gasteiger partial charge in [0, 0.05) is 19.3 Å². The van der Waals surface area contributed by atoms with Gasteiger partial charge in [-0.25, -0.2) is 0 Å². The van der Waals surface area contributed by atoms with Gasteiger partial charge < -0.3 is 19.7 Å². The fourth-order valence-corrected chi connectivity index (χ4v) is 2.13. The summed E-state index contributed by atoms with van der Waals surface area (Å²) in [6.07, 6.45) is 1.11. The van der Waals surface area contributed by atoms with Gasteiger partial charge in [-0.05, 0) is 25.1 Å². The number of anilines is 2. The maximum absolute atomic E-state index is 12.2. The molecule has 1 aliphatic rings. The molecule has 2 rings (SSSR count). The van der Waals surface area contributed by atoms with E-state index in [4.69, 9.17) is 9.47 Å². The third-order valence-corrected chi connectivity index (χ3v) is 3.04. The SMILES string of the molecule is C=CCN1C(=O)C(C)Oc2ccc(NC(=O)COC)cc21. The molecule has 0 bridgehead atoms. The number of carbonyl (C=O) groups excluding carboxylic acids is 2. The van der Waals surface area contributed by atoms with E-state index in [9.17, 15) is 9.59 Å². The van der Waals surface area contributed by atoms with E-state index in [1.54, 1.807) is 36.1 Å². The summed E-state index contributed by atoms with van der Waals surface area (Å²) < 4.78 is 10.3. The molecule has 112 valence electrons. The number of rotatable bonds is 5. The zero-order valence-corrected chi connectivity index (χ0v) is 12.1. The first kappa shape index (κ1) is 15.1. The molecule has 0 saturated carbocycles. The number of carbonyl (C=O) groups is 2. The van der Waals surface area contributed by atoms with Gasteiger partial charge in [-0.1, -0.05) is 6.08 Å². The minimum atomic E-state index is -0.536. The van der Waals surface area contributed by atoms with E-state index < -0.39 is 6.10 Å². The highest BCUT2D eigenvalue weighted by Crippen LogP contribution is 2.36. The lowest BCUT2D eigenvalue weighted by Gasteiger charge is -2.32. The molecule has 1 N–H and O–H groups in total. The van der Waals surface area contributed by atoms with Crippen LogP contribution in [-0.2, 0) is 14.3 Å². The van der Waals surface area contributed by atoms with E-state index in [2.05, 4.69) is 11.9 Å². The number of fused-ring (bicyclic) bond motifs is 1. The number of nitrogens with zero attached hydrogens (tertiary/aromatic N) is 1. The molecule has 1 aliphatic heterocycles. The van der Waals surface area contributed by atoms with Gasteiger partial charge in [0.1, 0.15) is 12.4 Å². The quantitative estimate of drug-likeness (QED) is 0.836. The van der Waals surface area contributed by atoms with Crippen molar-refractivity contribution in [2.24, 2.45) is 0 Å². The minimum absolute atomic E-state index is 0.0279. The van der Waals surface area contributed by atoms with Crippen molar-refractivity contribution in [1.82, 2.24) is 0 Å². The third-order valence-electron chi connectivity index (χ3n) is 3.04. The minimum Gasteiger partial charge on any atom is -0.479 e. The first-order valence-corrected chi connectivity index (χ1v) is 6.58. The number of methoxy groups -OCH3 is 1. The highest BCUT2D eigenvalue weighted by atomic mass is 16.5. The van der Waals surface area contributed by atoms with Crippen molar-refractivity contribution in [1.29, 1.82) is 0 Å². The van der Waals surface area contributed by atoms with Gasteiger partial charge in [0.15, 0.2) is 6.10 Å². The molecule has 6 heteroatoms. The molecule has 21 heavy (non-hydrogen) atoms. The topological polar surface area (TPSA) is 67.9 Å². The molecule has 1 aromatic rings. The lowest BCUT2D eigenvalue weighted by molar-refractivity contribution is -0.125. The van der Waals surface area contributed by atoms with Crippen LogP contribution in [-0.4, -0.2) is 38.2 Å². The summed E-state index contributed by atoms with van der Waals surface area (Å²) in [6, 6.07) is 5.16. The Hall–Kier alpha value is -2.34. The summed E-state index contributed by atoms with van der Waals surface area (Å²) in [5.41, 5.74) is 1.20. The molecule has 6 nitrogen and oxygen atoms in total. The largest absolute Gasteiger partial charge is 0.479 e. The van der Waals surface area contributed by atoms with Gasteiger partial charge >= 0.3 is 0 Å². The zero-order valence-electron chi connectivity index (χ0n) is 12.1. The van der Waals surface area contributed by atoms with Crippen LogP contribution in [0.15, 0.2) is 30.9 Å². The lowest BCUT2D eigenvalue weighted by Crippen LogP contribution is -2.44. The van der Waals surface area contributed by atoms with E-state index in [1.165, 1.54) is 7.11 Å². The Labute approximate surface area is 123 Å². The third kappa shape index (κ3) is 3.22. The molecule has 1 atom stereocenters. The second-order valence-electron chi connectivity index (χ2n) is 4.66. The monoisotopic (exact) mass is 290 g/mol. The molecule has 0 radical (unpaired) electrons. The Morgan fingerprint density at radius 2 is 2.33 bits per heavy atom. The van der Waals surface area contributed by atoms with Crippen LogP contribution in [0.1, 0.15) is 6.92 Å². The van der Waals surface area contributed by atoms with Crippen LogP contribution >= 0.6 is 0 Å². The van der Waals surface area contributed by atoms with Gasteiger partial charge in [0.05, 0.1) is 5.69 Å². The maximum Gasteiger partial charge on any atom is 0.268 e. The number of hydrogen-bond acceptors (Lipinski definition) is 4. The Bertz CT molecular complexity index is 571. The van der Waals surface area contributed by atoms with Crippen LogP contribution in [0.3, 0.4) is 0 Å². The predicted octanol–water partition coefficient (Wildman–Crippen LogP) is 1.57. The molecular formula is C15H18N2O4. The summed E-state index contributed by atoms with van der Waals surface area (Å²) in [4.78, 5) is 25.3. The average molecular weight is 290 g/mol. The molecule has 0 fully saturated rings. The highest BCUT2D eigenvalue weighted by Gasteiger charge is 2.30. The Morgan fingerprint density at radius 1 is 1.57 bits per heavy atom. The van der Waals surface area contributed by atoms with Crippen LogP contribution in [0.4, 0.5) is 11.4 Å². The Kier molecular flexibility index (Phi) is 4.59. The van der Waals surface area contributed by atoms with Crippen molar-refractivity contribution in [3.63, 3.8) is 0 Å². The fourth-order valence-electron chi connectivity index (χ4n) is 2.13.